The summed E-state index contributed by atoms with van der Waals surface area (Å²) in [6, 6.07) is 4.29. The molecule has 10 heteroatoms. The van der Waals surface area contributed by atoms with Gasteiger partial charge >= 0.3 is 6.18 Å². The summed E-state index contributed by atoms with van der Waals surface area (Å²) in [5.41, 5.74) is 3.09. The normalized spacial score (nSPS) is 26.1. The summed E-state index contributed by atoms with van der Waals surface area (Å²) < 4.78 is 45.8. The van der Waals surface area contributed by atoms with E-state index in [-0.39, 0.29) is 29.6 Å². The van der Waals surface area contributed by atoms with E-state index in [0.29, 0.717) is 36.5 Å². The number of methoxy groups -OCH3 is 1. The summed E-state index contributed by atoms with van der Waals surface area (Å²) >= 11 is 0. The topological polar surface area (TPSA) is 61.8 Å². The minimum atomic E-state index is -4.35. The van der Waals surface area contributed by atoms with Gasteiger partial charge in [0.05, 0.1) is 34.7 Å². The average Bonchev–Trinajstić information content (AvgIpc) is 3.26. The maximum absolute atomic E-state index is 13.3. The smallest absolute Gasteiger partial charge is 0.379 e. The second-order valence-electron chi connectivity index (χ2n) is 11.6. The van der Waals surface area contributed by atoms with Crippen LogP contribution in [0.2, 0.25) is 0 Å². The van der Waals surface area contributed by atoms with E-state index in [4.69, 9.17) is 4.74 Å². The zero-order chi connectivity index (χ0) is 28.1. The molecule has 2 saturated heterocycles. The highest BCUT2D eigenvalue weighted by Crippen LogP contribution is 2.43. The van der Waals surface area contributed by atoms with Gasteiger partial charge < -0.3 is 9.64 Å². The van der Waals surface area contributed by atoms with E-state index in [1.807, 2.05) is 18.7 Å². The van der Waals surface area contributed by atoms with Crippen LogP contribution in [0.3, 0.4) is 0 Å². The Morgan fingerprint density at radius 3 is 2.33 bits per heavy atom. The third-order valence-corrected chi connectivity index (χ3v) is 9.23. The summed E-state index contributed by atoms with van der Waals surface area (Å²) in [5.74, 6) is 0.00465. The van der Waals surface area contributed by atoms with Gasteiger partial charge in [-0.3, -0.25) is 14.6 Å². The summed E-state index contributed by atoms with van der Waals surface area (Å²) in [6.07, 6.45) is -0.781. The van der Waals surface area contributed by atoms with Crippen LogP contribution >= 0.6 is 0 Å². The number of halogens is 3. The van der Waals surface area contributed by atoms with Crippen LogP contribution in [0, 0.1) is 13.8 Å². The predicted molar refractivity (Wildman–Crippen MR) is 141 cm³/mol. The van der Waals surface area contributed by atoms with Crippen LogP contribution in [0.15, 0.2) is 24.5 Å². The molecule has 2 aliphatic heterocycles. The van der Waals surface area contributed by atoms with Gasteiger partial charge in [0.25, 0.3) is 5.91 Å². The molecule has 1 aromatic carbocycles. The number of hydrogen-bond donors (Lipinski definition) is 0. The molecule has 212 valence electrons. The molecule has 1 aromatic heterocycles. The lowest BCUT2D eigenvalue weighted by Crippen LogP contribution is -2.62. The fraction of sp³-hybridized carbons (Fsp3) is 0.621. The molecule has 0 radical (unpaired) electrons. The number of benzene rings is 1. The molecule has 1 amide bonds. The third kappa shape index (κ3) is 5.18. The highest BCUT2D eigenvalue weighted by Gasteiger charge is 2.45. The Hall–Kier alpha value is -2.56. The SMILES string of the molecule is CO[C@@H]1Cc2cc(C(F)(F)F)ccc2[C@H]1N1CCN(C2(C)CCN(C(=O)c3c(C)ncnc3C)CC2)C[C@@H]1C. The first kappa shape index (κ1) is 28.0. The number of alkyl halides is 3. The average molecular weight is 546 g/mol. The van der Waals surface area contributed by atoms with Crippen LogP contribution < -0.4 is 0 Å². The molecule has 3 atom stereocenters. The van der Waals surface area contributed by atoms with E-state index in [9.17, 15) is 18.0 Å². The van der Waals surface area contributed by atoms with Crippen molar-refractivity contribution in [3.63, 3.8) is 0 Å². The molecule has 2 fully saturated rings. The number of carbonyl (C=O) groups is 1. The molecule has 7 nitrogen and oxygen atoms in total. The number of piperidine rings is 1. The molecule has 3 aliphatic rings. The number of rotatable bonds is 4. The molecule has 39 heavy (non-hydrogen) atoms. The van der Waals surface area contributed by atoms with Gasteiger partial charge in [0.15, 0.2) is 0 Å². The van der Waals surface area contributed by atoms with E-state index in [2.05, 4.69) is 33.6 Å². The molecule has 0 saturated carbocycles. The minimum Gasteiger partial charge on any atom is -0.379 e. The molecule has 5 rings (SSSR count). The number of hydrogen-bond acceptors (Lipinski definition) is 6. The van der Waals surface area contributed by atoms with Gasteiger partial charge in [0.1, 0.15) is 6.33 Å². The molecular weight excluding hydrogens is 507 g/mol. The van der Waals surface area contributed by atoms with Gasteiger partial charge in [0.2, 0.25) is 0 Å². The molecule has 0 bridgehead atoms. The second-order valence-corrected chi connectivity index (χ2v) is 11.6. The molecule has 3 heterocycles. The minimum absolute atomic E-state index is 0.00465. The zero-order valence-electron chi connectivity index (χ0n) is 23.4. The lowest BCUT2D eigenvalue weighted by molar-refractivity contribution is -0.137. The molecule has 1 aliphatic carbocycles. The Kier molecular flexibility index (Phi) is 7.50. The third-order valence-electron chi connectivity index (χ3n) is 9.23. The number of aryl methyl sites for hydroxylation is 2. The number of piperazine rings is 1. The summed E-state index contributed by atoms with van der Waals surface area (Å²) in [6.45, 7) is 12.1. The largest absolute Gasteiger partial charge is 0.416 e. The van der Waals surface area contributed by atoms with Gasteiger partial charge in [-0.15, -0.1) is 0 Å². The number of nitrogens with zero attached hydrogens (tertiary/aromatic N) is 5. The van der Waals surface area contributed by atoms with E-state index in [1.54, 1.807) is 13.2 Å². The number of likely N-dealkylation sites (tertiary alicyclic amines) is 1. The first-order chi connectivity index (χ1) is 18.4. The van der Waals surface area contributed by atoms with Gasteiger partial charge in [-0.2, -0.15) is 13.2 Å². The predicted octanol–water partition coefficient (Wildman–Crippen LogP) is 4.43. The zero-order valence-corrected chi connectivity index (χ0v) is 23.4. The lowest BCUT2D eigenvalue weighted by Gasteiger charge is -2.53. The van der Waals surface area contributed by atoms with Crippen molar-refractivity contribution in [3.05, 3.63) is 58.2 Å². The number of amides is 1. The van der Waals surface area contributed by atoms with Gasteiger partial charge in [0, 0.05) is 57.8 Å². The molecule has 2 aromatic rings. The Labute approximate surface area is 228 Å². The summed E-state index contributed by atoms with van der Waals surface area (Å²) in [4.78, 5) is 28.6. The molecule has 0 spiro atoms. The van der Waals surface area contributed by atoms with Crippen molar-refractivity contribution in [2.24, 2.45) is 0 Å². The molecule has 0 N–H and O–H groups in total. The quantitative estimate of drug-likeness (QED) is 0.567. The van der Waals surface area contributed by atoms with E-state index in [1.165, 1.54) is 18.5 Å². The van der Waals surface area contributed by atoms with Crippen molar-refractivity contribution in [2.75, 3.05) is 39.8 Å². The van der Waals surface area contributed by atoms with Crippen LogP contribution in [-0.2, 0) is 17.3 Å². The van der Waals surface area contributed by atoms with E-state index in [0.717, 1.165) is 43.6 Å². The van der Waals surface area contributed by atoms with Crippen molar-refractivity contribution in [2.45, 2.75) is 76.9 Å². The summed E-state index contributed by atoms with van der Waals surface area (Å²) in [5, 5.41) is 0. The van der Waals surface area contributed by atoms with E-state index < -0.39 is 11.7 Å². The van der Waals surface area contributed by atoms with Crippen LogP contribution in [0.1, 0.15) is 71.2 Å². The fourth-order valence-electron chi connectivity index (χ4n) is 6.82. The highest BCUT2D eigenvalue weighted by molar-refractivity contribution is 5.96. The monoisotopic (exact) mass is 545 g/mol. The lowest BCUT2D eigenvalue weighted by atomic mass is 9.86. The highest BCUT2D eigenvalue weighted by atomic mass is 19.4. The molecule has 0 unspecified atom stereocenters. The van der Waals surface area contributed by atoms with Crippen LogP contribution in [0.5, 0.6) is 0 Å². The number of aromatic nitrogens is 2. The van der Waals surface area contributed by atoms with Crippen molar-refractivity contribution in [3.8, 4) is 0 Å². The van der Waals surface area contributed by atoms with Crippen molar-refractivity contribution in [1.29, 1.82) is 0 Å². The van der Waals surface area contributed by atoms with Gasteiger partial charge in [-0.1, -0.05) is 6.07 Å². The van der Waals surface area contributed by atoms with Crippen molar-refractivity contribution >= 4 is 5.91 Å². The van der Waals surface area contributed by atoms with Gasteiger partial charge in [-0.25, -0.2) is 9.97 Å². The van der Waals surface area contributed by atoms with Crippen molar-refractivity contribution in [1.82, 2.24) is 24.7 Å². The number of carbonyl (C=O) groups excluding carboxylic acids is 1. The number of fused-ring (bicyclic) bond motifs is 1. The van der Waals surface area contributed by atoms with E-state index >= 15 is 0 Å². The first-order valence-corrected chi connectivity index (χ1v) is 13.7. The van der Waals surface area contributed by atoms with Gasteiger partial charge in [-0.05, 0) is 63.8 Å². The van der Waals surface area contributed by atoms with Crippen LogP contribution in [0.25, 0.3) is 0 Å². The number of ether oxygens (including phenoxy) is 1. The van der Waals surface area contributed by atoms with Crippen LogP contribution in [0.4, 0.5) is 13.2 Å². The second kappa shape index (κ2) is 10.4. The van der Waals surface area contributed by atoms with Crippen LogP contribution in [-0.4, -0.2) is 88.1 Å². The maximum atomic E-state index is 13.3. The maximum Gasteiger partial charge on any atom is 0.416 e. The Bertz CT molecular complexity index is 1210. The summed E-state index contributed by atoms with van der Waals surface area (Å²) in [7, 11) is 1.65. The Balaban J connectivity index is 1.25. The Morgan fingerprint density at radius 1 is 1.08 bits per heavy atom. The van der Waals surface area contributed by atoms with Crippen molar-refractivity contribution < 1.29 is 22.7 Å². The molecular formula is C29H38F3N5O2. The fourth-order valence-corrected chi connectivity index (χ4v) is 6.82. The standard InChI is InChI=1S/C29H38F3N5O2/c1-18-16-36(28(4)8-10-35(11-9-28)27(38)25-19(2)33-17-34-20(25)3)12-13-37(18)26-23-7-6-22(29(30,31)32)14-21(23)15-24(26)39-5/h6-7,14,17-18,24,26H,8-13,15-16H2,1-5H3/t18-,24+,26+/m0/s1. The Morgan fingerprint density at radius 2 is 1.74 bits per heavy atom. The first-order valence-electron chi connectivity index (χ1n) is 13.7.